The SMILES string of the molecule is COCCNC(=O)C(C)NC(=O)c1csc(Nc2cc(Cl)ccc2C)n1. The first kappa shape index (κ1) is 20.2. The van der Waals surface area contributed by atoms with E-state index in [4.69, 9.17) is 16.3 Å². The summed E-state index contributed by atoms with van der Waals surface area (Å²) in [6, 6.07) is 4.83. The standard InChI is InChI=1S/C17H21ClN4O3S/c1-10-4-5-12(18)8-13(10)21-17-22-14(9-26-17)16(24)20-11(2)15(23)19-6-7-25-3/h4-5,8-9,11H,6-7H2,1-3H3,(H,19,23)(H,20,24)(H,21,22). The van der Waals surface area contributed by atoms with Crippen LogP contribution < -0.4 is 16.0 Å². The summed E-state index contributed by atoms with van der Waals surface area (Å²) in [4.78, 5) is 28.4. The third kappa shape index (κ3) is 5.69. The van der Waals surface area contributed by atoms with Crippen LogP contribution >= 0.6 is 22.9 Å². The monoisotopic (exact) mass is 396 g/mol. The molecule has 3 N–H and O–H groups in total. The molecule has 0 aliphatic carbocycles. The number of nitrogens with zero attached hydrogens (tertiary/aromatic N) is 1. The summed E-state index contributed by atoms with van der Waals surface area (Å²) >= 11 is 7.30. The molecule has 0 saturated heterocycles. The second kappa shape index (κ2) is 9.51. The van der Waals surface area contributed by atoms with Gasteiger partial charge in [0.15, 0.2) is 5.13 Å². The molecule has 2 rings (SSSR count). The number of thiazole rings is 1. The van der Waals surface area contributed by atoms with E-state index in [-0.39, 0.29) is 11.6 Å². The van der Waals surface area contributed by atoms with E-state index in [1.807, 2.05) is 19.1 Å². The number of aryl methyl sites for hydroxylation is 1. The van der Waals surface area contributed by atoms with Gasteiger partial charge in [0.05, 0.1) is 6.61 Å². The molecule has 2 aromatic rings. The molecule has 9 heteroatoms. The van der Waals surface area contributed by atoms with E-state index in [0.29, 0.717) is 23.3 Å². The van der Waals surface area contributed by atoms with Crippen LogP contribution in [0, 0.1) is 6.92 Å². The van der Waals surface area contributed by atoms with Gasteiger partial charge in [-0.05, 0) is 31.5 Å². The maximum absolute atomic E-state index is 12.3. The number of carbonyl (C=O) groups excluding carboxylic acids is 2. The van der Waals surface area contributed by atoms with E-state index in [1.54, 1.807) is 25.5 Å². The van der Waals surface area contributed by atoms with Crippen LogP contribution in [0.15, 0.2) is 23.6 Å². The molecule has 0 spiro atoms. The highest BCUT2D eigenvalue weighted by atomic mass is 35.5. The van der Waals surface area contributed by atoms with Crippen molar-refractivity contribution in [1.82, 2.24) is 15.6 Å². The van der Waals surface area contributed by atoms with Gasteiger partial charge in [-0.25, -0.2) is 4.98 Å². The first-order valence-corrected chi connectivity index (χ1v) is 9.22. The Morgan fingerprint density at radius 3 is 2.88 bits per heavy atom. The van der Waals surface area contributed by atoms with Crippen molar-refractivity contribution < 1.29 is 14.3 Å². The zero-order valence-corrected chi connectivity index (χ0v) is 16.3. The highest BCUT2D eigenvalue weighted by molar-refractivity contribution is 7.14. The molecule has 0 saturated carbocycles. The first-order chi connectivity index (χ1) is 12.4. The van der Waals surface area contributed by atoms with Gasteiger partial charge in [-0.3, -0.25) is 9.59 Å². The number of halogens is 1. The fraction of sp³-hybridized carbons (Fsp3) is 0.353. The fourth-order valence-electron chi connectivity index (χ4n) is 2.05. The highest BCUT2D eigenvalue weighted by Gasteiger charge is 2.18. The summed E-state index contributed by atoms with van der Waals surface area (Å²) in [5.74, 6) is -0.690. The number of aromatic nitrogens is 1. The number of hydrogen-bond donors (Lipinski definition) is 3. The van der Waals surface area contributed by atoms with Crippen molar-refractivity contribution in [2.45, 2.75) is 19.9 Å². The summed E-state index contributed by atoms with van der Waals surface area (Å²) in [7, 11) is 1.55. The Balaban J connectivity index is 1.95. The van der Waals surface area contributed by atoms with Gasteiger partial charge in [-0.1, -0.05) is 17.7 Å². The average molecular weight is 397 g/mol. The third-order valence-corrected chi connectivity index (χ3v) is 4.52. The normalized spacial score (nSPS) is 11.7. The van der Waals surface area contributed by atoms with E-state index >= 15 is 0 Å². The van der Waals surface area contributed by atoms with Crippen LogP contribution in [0.5, 0.6) is 0 Å². The summed E-state index contributed by atoms with van der Waals surface area (Å²) in [6.07, 6.45) is 0. The van der Waals surface area contributed by atoms with Crippen molar-refractivity contribution >= 4 is 45.6 Å². The Labute approximate surface area is 161 Å². The molecule has 26 heavy (non-hydrogen) atoms. The van der Waals surface area contributed by atoms with E-state index in [9.17, 15) is 9.59 Å². The van der Waals surface area contributed by atoms with Crippen molar-refractivity contribution in [2.24, 2.45) is 0 Å². The third-order valence-electron chi connectivity index (χ3n) is 3.52. The number of ether oxygens (including phenoxy) is 1. The maximum Gasteiger partial charge on any atom is 0.271 e. The lowest BCUT2D eigenvalue weighted by molar-refractivity contribution is -0.122. The molecule has 1 atom stereocenters. The molecule has 140 valence electrons. The lowest BCUT2D eigenvalue weighted by Crippen LogP contribution is -2.45. The van der Waals surface area contributed by atoms with E-state index in [1.165, 1.54) is 11.3 Å². The van der Waals surface area contributed by atoms with Crippen molar-refractivity contribution in [3.63, 3.8) is 0 Å². The molecule has 0 radical (unpaired) electrons. The van der Waals surface area contributed by atoms with Crippen molar-refractivity contribution in [2.75, 3.05) is 25.6 Å². The lowest BCUT2D eigenvalue weighted by atomic mass is 10.2. The number of rotatable bonds is 8. The van der Waals surface area contributed by atoms with Crippen molar-refractivity contribution in [3.05, 3.63) is 39.9 Å². The predicted octanol–water partition coefficient (Wildman–Crippen LogP) is 2.73. The highest BCUT2D eigenvalue weighted by Crippen LogP contribution is 2.26. The molecule has 7 nitrogen and oxygen atoms in total. The zero-order chi connectivity index (χ0) is 19.1. The molecular formula is C17H21ClN4O3S. The zero-order valence-electron chi connectivity index (χ0n) is 14.8. The van der Waals surface area contributed by atoms with E-state index in [0.717, 1.165) is 11.3 Å². The van der Waals surface area contributed by atoms with Crippen LogP contribution in [-0.2, 0) is 9.53 Å². The minimum Gasteiger partial charge on any atom is -0.383 e. The van der Waals surface area contributed by atoms with E-state index in [2.05, 4.69) is 20.9 Å². The van der Waals surface area contributed by atoms with Gasteiger partial charge < -0.3 is 20.7 Å². The minimum absolute atomic E-state index is 0.244. The number of benzene rings is 1. The van der Waals surface area contributed by atoms with Crippen LogP contribution in [0.25, 0.3) is 0 Å². The van der Waals surface area contributed by atoms with Gasteiger partial charge in [0, 0.05) is 29.7 Å². The molecule has 0 aliphatic rings. The summed E-state index contributed by atoms with van der Waals surface area (Å²) in [5.41, 5.74) is 2.08. The van der Waals surface area contributed by atoms with Gasteiger partial charge in [-0.15, -0.1) is 11.3 Å². The Morgan fingerprint density at radius 1 is 1.38 bits per heavy atom. The molecule has 0 fully saturated rings. The van der Waals surface area contributed by atoms with E-state index < -0.39 is 11.9 Å². The number of carbonyl (C=O) groups is 2. The van der Waals surface area contributed by atoms with Gasteiger partial charge >= 0.3 is 0 Å². The predicted molar refractivity (Wildman–Crippen MR) is 103 cm³/mol. The van der Waals surface area contributed by atoms with Crippen LogP contribution in [0.3, 0.4) is 0 Å². The topological polar surface area (TPSA) is 92.4 Å². The Morgan fingerprint density at radius 2 is 2.15 bits per heavy atom. The second-order valence-electron chi connectivity index (χ2n) is 5.60. The van der Waals surface area contributed by atoms with Gasteiger partial charge in [0.25, 0.3) is 5.91 Å². The Hall–Kier alpha value is -2.16. The average Bonchev–Trinajstić information content (AvgIpc) is 3.07. The van der Waals surface area contributed by atoms with Crippen LogP contribution in [0.1, 0.15) is 23.0 Å². The van der Waals surface area contributed by atoms with Crippen LogP contribution in [0.4, 0.5) is 10.8 Å². The number of methoxy groups -OCH3 is 1. The van der Waals surface area contributed by atoms with Crippen LogP contribution in [0.2, 0.25) is 5.02 Å². The number of nitrogens with one attached hydrogen (secondary N) is 3. The Kier molecular flexibility index (Phi) is 7.38. The lowest BCUT2D eigenvalue weighted by Gasteiger charge is -2.13. The molecule has 0 bridgehead atoms. The maximum atomic E-state index is 12.3. The molecule has 1 heterocycles. The van der Waals surface area contributed by atoms with Crippen molar-refractivity contribution in [1.29, 1.82) is 0 Å². The minimum atomic E-state index is -0.673. The smallest absolute Gasteiger partial charge is 0.271 e. The van der Waals surface area contributed by atoms with Crippen molar-refractivity contribution in [3.8, 4) is 0 Å². The summed E-state index contributed by atoms with van der Waals surface area (Å²) in [6.45, 7) is 4.36. The largest absolute Gasteiger partial charge is 0.383 e. The quantitative estimate of drug-likeness (QED) is 0.596. The molecule has 0 aliphatic heterocycles. The van der Waals surface area contributed by atoms with Gasteiger partial charge in [0.2, 0.25) is 5.91 Å². The summed E-state index contributed by atoms with van der Waals surface area (Å²) < 4.78 is 4.86. The number of hydrogen-bond acceptors (Lipinski definition) is 6. The molecule has 1 aromatic carbocycles. The van der Waals surface area contributed by atoms with Gasteiger partial charge in [0.1, 0.15) is 11.7 Å². The number of anilines is 2. The molecule has 2 amide bonds. The Bertz CT molecular complexity index is 781. The molecular weight excluding hydrogens is 376 g/mol. The second-order valence-corrected chi connectivity index (χ2v) is 6.90. The first-order valence-electron chi connectivity index (χ1n) is 7.97. The summed E-state index contributed by atoms with van der Waals surface area (Å²) in [5, 5.41) is 11.3. The molecule has 1 aromatic heterocycles. The van der Waals surface area contributed by atoms with Crippen LogP contribution in [-0.4, -0.2) is 43.1 Å². The molecule has 1 unspecified atom stereocenters. The van der Waals surface area contributed by atoms with Gasteiger partial charge in [-0.2, -0.15) is 0 Å². The fourth-order valence-corrected chi connectivity index (χ4v) is 2.92. The number of amides is 2.